The molecular weight excluding hydrogens is 564 g/mol. The molecule has 0 radical (unpaired) electrons. The number of phenols is 2. The fourth-order valence-corrected chi connectivity index (χ4v) is 6.29. The molecule has 3 aromatic rings. The molecule has 46 heavy (non-hydrogen) atoms. The number of rotatable bonds is 7. The van der Waals surface area contributed by atoms with Crippen molar-refractivity contribution >= 4 is 12.4 Å². The lowest BCUT2D eigenvalue weighted by molar-refractivity contribution is 0.390. The monoisotopic (exact) mass is 622 g/mol. The van der Waals surface area contributed by atoms with Crippen molar-refractivity contribution in [1.82, 2.24) is 0 Å². The average molecular weight is 623 g/mol. The van der Waals surface area contributed by atoms with E-state index in [1.807, 2.05) is 12.4 Å². The van der Waals surface area contributed by atoms with E-state index in [0.29, 0.717) is 17.4 Å². The van der Waals surface area contributed by atoms with E-state index < -0.39 is 0 Å². The van der Waals surface area contributed by atoms with Crippen molar-refractivity contribution in [3.05, 3.63) is 81.9 Å². The van der Waals surface area contributed by atoms with Crippen LogP contribution in [0.1, 0.15) is 148 Å². The molecule has 1 aliphatic rings. The van der Waals surface area contributed by atoms with Crippen LogP contribution in [0.25, 0.3) is 11.1 Å². The van der Waals surface area contributed by atoms with Crippen molar-refractivity contribution < 1.29 is 10.2 Å². The predicted octanol–water partition coefficient (Wildman–Crippen LogP) is 11.0. The van der Waals surface area contributed by atoms with Crippen molar-refractivity contribution in [2.75, 3.05) is 0 Å². The lowest BCUT2D eigenvalue weighted by atomic mass is 9.79. The maximum Gasteiger partial charge on any atom is 0.128 e. The molecule has 0 amide bonds. The first-order valence-electron chi connectivity index (χ1n) is 17.3. The lowest BCUT2D eigenvalue weighted by Crippen LogP contribution is -2.27. The molecule has 0 aliphatic heterocycles. The van der Waals surface area contributed by atoms with Gasteiger partial charge in [-0.15, -0.1) is 0 Å². The van der Waals surface area contributed by atoms with Crippen LogP contribution in [0.15, 0.2) is 58.5 Å². The zero-order chi connectivity index (χ0) is 34.0. The highest BCUT2D eigenvalue weighted by molar-refractivity contribution is 5.88. The van der Waals surface area contributed by atoms with Crippen LogP contribution in [-0.2, 0) is 16.2 Å². The minimum atomic E-state index is -0.230. The molecule has 248 valence electrons. The van der Waals surface area contributed by atoms with Gasteiger partial charge in [0.25, 0.3) is 0 Å². The largest absolute Gasteiger partial charge is 0.507 e. The first-order chi connectivity index (χ1) is 21.4. The summed E-state index contributed by atoms with van der Waals surface area (Å²) in [5.74, 6) is 1.14. The zero-order valence-electron chi connectivity index (χ0n) is 30.3. The number of phenolic OH excluding ortho intramolecular Hbond substituents is 2. The maximum atomic E-state index is 11.5. The summed E-state index contributed by atoms with van der Waals surface area (Å²) in [6.07, 6.45) is 8.97. The highest BCUT2D eigenvalue weighted by Gasteiger charge is 2.27. The summed E-state index contributed by atoms with van der Waals surface area (Å²) in [7, 11) is 0. The Morgan fingerprint density at radius 2 is 1.15 bits per heavy atom. The fraction of sp³-hybridized carbons (Fsp3) is 0.524. The summed E-state index contributed by atoms with van der Waals surface area (Å²) in [4.78, 5) is 10.2. The first-order valence-corrected chi connectivity index (χ1v) is 17.3. The molecule has 4 nitrogen and oxygen atoms in total. The van der Waals surface area contributed by atoms with Gasteiger partial charge in [0.1, 0.15) is 11.5 Å². The van der Waals surface area contributed by atoms with Crippen molar-refractivity contribution in [3.8, 4) is 22.6 Å². The van der Waals surface area contributed by atoms with Gasteiger partial charge in [-0.05, 0) is 81.9 Å². The summed E-state index contributed by atoms with van der Waals surface area (Å²) >= 11 is 0. The summed E-state index contributed by atoms with van der Waals surface area (Å²) in [6.45, 7) is 23.9. The van der Waals surface area contributed by atoms with E-state index in [9.17, 15) is 10.2 Å². The SMILES string of the molecule is CCC(C)c1ccc(-c2cc(C=N[C@@H]3CCCC[C@H]3N=Cc3cc(C(C)(C)C)cc(C(C)(C)C)c3O)c(O)c(C(C)(C)C)c2)cc1. The Bertz CT molecular complexity index is 1560. The lowest BCUT2D eigenvalue weighted by Gasteiger charge is -2.28. The van der Waals surface area contributed by atoms with Gasteiger partial charge in [-0.1, -0.05) is 119 Å². The quantitative estimate of drug-likeness (QED) is 0.257. The fourth-order valence-electron chi connectivity index (χ4n) is 6.29. The summed E-state index contributed by atoms with van der Waals surface area (Å²) in [5.41, 5.74) is 7.66. The molecule has 4 heteroatoms. The van der Waals surface area contributed by atoms with Crippen LogP contribution < -0.4 is 0 Å². The average Bonchev–Trinajstić information content (AvgIpc) is 2.98. The second-order valence-corrected chi connectivity index (χ2v) is 16.6. The Morgan fingerprint density at radius 3 is 1.61 bits per heavy atom. The van der Waals surface area contributed by atoms with Gasteiger partial charge in [0.05, 0.1) is 12.1 Å². The second-order valence-electron chi connectivity index (χ2n) is 16.6. The van der Waals surface area contributed by atoms with Crippen molar-refractivity contribution in [2.24, 2.45) is 9.98 Å². The van der Waals surface area contributed by atoms with Gasteiger partial charge in [-0.3, -0.25) is 9.98 Å². The molecule has 0 heterocycles. The minimum absolute atomic E-state index is 0.0102. The molecule has 0 spiro atoms. The van der Waals surface area contributed by atoms with E-state index in [4.69, 9.17) is 9.98 Å². The van der Waals surface area contributed by atoms with Crippen molar-refractivity contribution in [2.45, 2.75) is 143 Å². The summed E-state index contributed by atoms with van der Waals surface area (Å²) in [6, 6.07) is 17.3. The third kappa shape index (κ3) is 8.30. The molecule has 0 bridgehead atoms. The van der Waals surface area contributed by atoms with E-state index in [2.05, 4.69) is 125 Å². The molecule has 1 fully saturated rings. The molecule has 0 aromatic heterocycles. The van der Waals surface area contributed by atoms with Crippen LogP contribution in [0.4, 0.5) is 0 Å². The van der Waals surface area contributed by atoms with E-state index in [0.717, 1.165) is 65.5 Å². The molecular formula is C42H58N2O2. The number of nitrogens with zero attached hydrogens (tertiary/aromatic N) is 2. The van der Waals surface area contributed by atoms with Gasteiger partial charge < -0.3 is 10.2 Å². The van der Waals surface area contributed by atoms with Crippen LogP contribution in [0.3, 0.4) is 0 Å². The smallest absolute Gasteiger partial charge is 0.128 e. The first kappa shape index (κ1) is 35.5. The van der Waals surface area contributed by atoms with Crippen molar-refractivity contribution in [3.63, 3.8) is 0 Å². The van der Waals surface area contributed by atoms with Gasteiger partial charge in [0.15, 0.2) is 0 Å². The predicted molar refractivity (Wildman–Crippen MR) is 198 cm³/mol. The van der Waals surface area contributed by atoms with Crippen molar-refractivity contribution in [1.29, 1.82) is 0 Å². The highest BCUT2D eigenvalue weighted by atomic mass is 16.3. The summed E-state index contributed by atoms with van der Waals surface area (Å²) < 4.78 is 0. The normalized spacial score (nSPS) is 18.8. The second kappa shape index (κ2) is 13.8. The van der Waals surface area contributed by atoms with E-state index in [-0.39, 0.29) is 28.3 Å². The molecule has 4 rings (SSSR count). The van der Waals surface area contributed by atoms with Crippen LogP contribution in [0.5, 0.6) is 11.5 Å². The third-order valence-corrected chi connectivity index (χ3v) is 9.69. The molecule has 1 aliphatic carbocycles. The minimum Gasteiger partial charge on any atom is -0.507 e. The standard InChI is InChI=1S/C42H58N2O2/c1-12-27(2)28-17-19-29(20-18-28)30-21-31(38(45)34(23-30)41(6,7)8)25-43-36-15-13-14-16-37(36)44-26-32-22-33(40(3,4)5)24-35(39(32)46)42(9,10)11/h17-27,36-37,45-46H,12-16H2,1-11H3/t27?,36-,37-/m1/s1. The Labute approximate surface area is 279 Å². The topological polar surface area (TPSA) is 65.2 Å². The van der Waals surface area contributed by atoms with E-state index in [1.54, 1.807) is 0 Å². The molecule has 3 atom stereocenters. The Kier molecular flexibility index (Phi) is 10.6. The van der Waals surface area contributed by atoms with Crippen LogP contribution >= 0.6 is 0 Å². The Hall–Kier alpha value is -3.40. The highest BCUT2D eigenvalue weighted by Crippen LogP contribution is 2.39. The Balaban J connectivity index is 1.69. The van der Waals surface area contributed by atoms with Gasteiger partial charge in [-0.2, -0.15) is 0 Å². The molecule has 2 N–H and O–H groups in total. The van der Waals surface area contributed by atoms with Gasteiger partial charge in [-0.25, -0.2) is 0 Å². The number of aliphatic imine (C=N–C) groups is 2. The van der Waals surface area contributed by atoms with Crippen LogP contribution in [0.2, 0.25) is 0 Å². The van der Waals surface area contributed by atoms with E-state index >= 15 is 0 Å². The Morgan fingerprint density at radius 1 is 0.674 bits per heavy atom. The maximum absolute atomic E-state index is 11.5. The number of benzene rings is 3. The van der Waals surface area contributed by atoms with E-state index in [1.165, 1.54) is 11.1 Å². The summed E-state index contributed by atoms with van der Waals surface area (Å²) in [5, 5.41) is 22.8. The number of hydrogen-bond donors (Lipinski definition) is 2. The van der Waals surface area contributed by atoms with Gasteiger partial charge in [0.2, 0.25) is 0 Å². The molecule has 1 saturated carbocycles. The van der Waals surface area contributed by atoms with Crippen LogP contribution in [0, 0.1) is 0 Å². The molecule has 3 aromatic carbocycles. The number of hydrogen-bond acceptors (Lipinski definition) is 4. The zero-order valence-corrected chi connectivity index (χ0v) is 30.3. The molecule has 0 saturated heterocycles. The molecule has 1 unspecified atom stereocenters. The van der Waals surface area contributed by atoms with Gasteiger partial charge in [0, 0.05) is 34.7 Å². The number of aromatic hydroxyl groups is 2. The third-order valence-electron chi connectivity index (χ3n) is 9.69. The van der Waals surface area contributed by atoms with Gasteiger partial charge >= 0.3 is 0 Å². The van der Waals surface area contributed by atoms with Crippen LogP contribution in [-0.4, -0.2) is 34.7 Å².